The van der Waals surface area contributed by atoms with E-state index in [2.05, 4.69) is 20.6 Å². The highest BCUT2D eigenvalue weighted by Gasteiger charge is 2.16. The number of pyridine rings is 1. The Hall–Kier alpha value is -5.53. The van der Waals surface area contributed by atoms with Crippen LogP contribution in [0.1, 0.15) is 16.1 Å². The average Bonchev–Trinajstić information content (AvgIpc) is 3.63. The third-order valence-electron chi connectivity index (χ3n) is 6.53. The van der Waals surface area contributed by atoms with Gasteiger partial charge in [0.2, 0.25) is 0 Å². The quantitative estimate of drug-likeness (QED) is 0.222. The maximum absolute atomic E-state index is 13.2. The zero-order chi connectivity index (χ0) is 31.4. The van der Waals surface area contributed by atoms with E-state index in [1.165, 1.54) is 4.57 Å². The summed E-state index contributed by atoms with van der Waals surface area (Å²) >= 11 is 0. The van der Waals surface area contributed by atoms with E-state index in [0.717, 1.165) is 27.7 Å². The maximum atomic E-state index is 13.2. The number of para-hydroxylation sites is 1. The molecule has 3 aromatic heterocycles. The standard InChI is InChI=1S/C30H24N6O3.CH4O3S/c1-19-8-13-25(30(38)36(19)23-6-4-3-5-7-23)29(37)34-22-9-11-24(12-10-22)39-28-14-20-18-33-35(2)27(20)15-26(28)21-16-31-32-17-21;1-5(2,3)4/h3-18H,1-2H3,(H,31,32)(H,34,37);1H3,(H,2,3,4). The van der Waals surface area contributed by atoms with Crippen molar-refractivity contribution in [2.24, 2.45) is 7.05 Å². The number of nitrogens with one attached hydrogen (secondary N) is 2. The SMILES string of the molecule is CS(=O)(=O)O.Cc1ccc(C(=O)Nc2ccc(Oc3cc4cnn(C)c4cc3-c3cn[nH]c3)cc2)c(=O)n1-c1ccccc1. The first kappa shape index (κ1) is 29.9. The summed E-state index contributed by atoms with van der Waals surface area (Å²) in [4.78, 5) is 26.2. The predicted octanol–water partition coefficient (Wildman–Crippen LogP) is 4.97. The molecule has 12 nitrogen and oxygen atoms in total. The minimum absolute atomic E-state index is 0.0549. The first-order valence-corrected chi connectivity index (χ1v) is 15.1. The Bertz CT molecular complexity index is 2100. The van der Waals surface area contributed by atoms with E-state index in [0.29, 0.717) is 29.1 Å². The lowest BCUT2D eigenvalue weighted by atomic mass is 10.1. The van der Waals surface area contributed by atoms with Gasteiger partial charge in [0.05, 0.1) is 24.2 Å². The second kappa shape index (κ2) is 12.4. The van der Waals surface area contributed by atoms with Crippen LogP contribution in [0.3, 0.4) is 0 Å². The second-order valence-electron chi connectivity index (χ2n) is 9.84. The molecule has 0 fully saturated rings. The van der Waals surface area contributed by atoms with Gasteiger partial charge in [0.25, 0.3) is 21.6 Å². The van der Waals surface area contributed by atoms with E-state index >= 15 is 0 Å². The van der Waals surface area contributed by atoms with Gasteiger partial charge in [-0.05, 0) is 67.6 Å². The number of nitrogens with zero attached hydrogens (tertiary/aromatic N) is 4. The molecule has 6 aromatic rings. The molecule has 0 aliphatic carbocycles. The molecule has 6 rings (SSSR count). The third-order valence-corrected chi connectivity index (χ3v) is 6.53. The number of hydrogen-bond donors (Lipinski definition) is 3. The van der Waals surface area contributed by atoms with Crippen LogP contribution < -0.4 is 15.6 Å². The van der Waals surface area contributed by atoms with Crippen LogP contribution in [-0.2, 0) is 17.2 Å². The molecule has 0 aliphatic rings. The topological polar surface area (TPSA) is 161 Å². The normalized spacial score (nSPS) is 11.1. The van der Waals surface area contributed by atoms with Gasteiger partial charge in [-0.3, -0.25) is 28.5 Å². The van der Waals surface area contributed by atoms with Crippen molar-refractivity contribution in [1.82, 2.24) is 24.5 Å². The van der Waals surface area contributed by atoms with E-state index in [9.17, 15) is 18.0 Å². The largest absolute Gasteiger partial charge is 0.457 e. The first-order chi connectivity index (χ1) is 21.0. The lowest BCUT2D eigenvalue weighted by Gasteiger charge is -2.13. The highest BCUT2D eigenvalue weighted by Crippen LogP contribution is 2.36. The zero-order valence-electron chi connectivity index (χ0n) is 23.9. The number of ether oxygens (including phenoxy) is 1. The smallest absolute Gasteiger partial charge is 0.268 e. The molecule has 0 bridgehead atoms. The first-order valence-electron chi connectivity index (χ1n) is 13.2. The van der Waals surface area contributed by atoms with Crippen LogP contribution in [0.15, 0.2) is 102 Å². The number of hydrogen-bond acceptors (Lipinski definition) is 7. The molecular formula is C31H28N6O6S. The van der Waals surface area contributed by atoms with Crippen molar-refractivity contribution in [1.29, 1.82) is 0 Å². The van der Waals surface area contributed by atoms with Gasteiger partial charge in [-0.25, -0.2) is 0 Å². The van der Waals surface area contributed by atoms with Gasteiger partial charge < -0.3 is 10.1 Å². The van der Waals surface area contributed by atoms with E-state index < -0.39 is 16.0 Å². The minimum Gasteiger partial charge on any atom is -0.457 e. The Morgan fingerprint density at radius 1 is 1.00 bits per heavy atom. The number of H-pyrrole nitrogens is 1. The van der Waals surface area contributed by atoms with Crippen LogP contribution in [0.25, 0.3) is 27.7 Å². The van der Waals surface area contributed by atoms with E-state index in [1.807, 2.05) is 61.1 Å². The van der Waals surface area contributed by atoms with E-state index in [1.54, 1.807) is 55.0 Å². The fourth-order valence-corrected chi connectivity index (χ4v) is 4.52. The molecule has 13 heteroatoms. The summed E-state index contributed by atoms with van der Waals surface area (Å²) in [5.74, 6) is 0.750. The summed E-state index contributed by atoms with van der Waals surface area (Å²) in [5.41, 5.74) is 4.38. The van der Waals surface area contributed by atoms with Crippen LogP contribution >= 0.6 is 0 Å². The van der Waals surface area contributed by atoms with Crippen LogP contribution in [-0.4, -0.2) is 49.7 Å². The lowest BCUT2D eigenvalue weighted by molar-refractivity contribution is 0.102. The monoisotopic (exact) mass is 612 g/mol. The molecule has 0 aliphatic heterocycles. The molecule has 0 unspecified atom stereocenters. The summed E-state index contributed by atoms with van der Waals surface area (Å²) in [6, 6.07) is 23.5. The van der Waals surface area contributed by atoms with Crippen molar-refractivity contribution in [3.8, 4) is 28.3 Å². The van der Waals surface area contributed by atoms with Crippen molar-refractivity contribution in [3.05, 3.63) is 119 Å². The van der Waals surface area contributed by atoms with Crippen molar-refractivity contribution in [3.63, 3.8) is 0 Å². The average molecular weight is 613 g/mol. The molecule has 44 heavy (non-hydrogen) atoms. The van der Waals surface area contributed by atoms with Gasteiger partial charge in [-0.1, -0.05) is 18.2 Å². The maximum Gasteiger partial charge on any atom is 0.268 e. The van der Waals surface area contributed by atoms with Crippen LogP contribution in [0, 0.1) is 6.92 Å². The summed E-state index contributed by atoms with van der Waals surface area (Å²) < 4.78 is 35.5. The summed E-state index contributed by atoms with van der Waals surface area (Å²) in [5, 5.41) is 15.0. The van der Waals surface area contributed by atoms with Crippen LogP contribution in [0.2, 0.25) is 0 Å². The lowest BCUT2D eigenvalue weighted by Crippen LogP contribution is -2.29. The number of aromatic amines is 1. The van der Waals surface area contributed by atoms with Gasteiger partial charge in [0.15, 0.2) is 0 Å². The highest BCUT2D eigenvalue weighted by molar-refractivity contribution is 7.85. The van der Waals surface area contributed by atoms with E-state index in [4.69, 9.17) is 9.29 Å². The summed E-state index contributed by atoms with van der Waals surface area (Å²) in [6.07, 6.45) is 6.05. The third kappa shape index (κ3) is 6.91. The van der Waals surface area contributed by atoms with Crippen LogP contribution in [0.4, 0.5) is 5.69 Å². The fourth-order valence-electron chi connectivity index (χ4n) is 4.52. The Balaban J connectivity index is 0.000000712. The van der Waals surface area contributed by atoms with Gasteiger partial charge in [0, 0.05) is 46.8 Å². The number of carbonyl (C=O) groups is 1. The molecular weight excluding hydrogens is 584 g/mol. The molecule has 0 radical (unpaired) electrons. The highest BCUT2D eigenvalue weighted by atomic mass is 32.2. The molecule has 3 aromatic carbocycles. The predicted molar refractivity (Wildman–Crippen MR) is 167 cm³/mol. The number of fused-ring (bicyclic) bond motifs is 1. The molecule has 1 amide bonds. The van der Waals surface area contributed by atoms with E-state index in [-0.39, 0.29) is 11.1 Å². The Kier molecular flexibility index (Phi) is 8.42. The van der Waals surface area contributed by atoms with Gasteiger partial charge in [-0.15, -0.1) is 0 Å². The molecule has 0 atom stereocenters. The van der Waals surface area contributed by atoms with Crippen molar-refractivity contribution < 1.29 is 22.5 Å². The number of carbonyl (C=O) groups excluding carboxylic acids is 1. The fraction of sp³-hybridized carbons (Fsp3) is 0.0968. The summed E-state index contributed by atoms with van der Waals surface area (Å²) in [6.45, 7) is 1.83. The molecule has 0 saturated heterocycles. The van der Waals surface area contributed by atoms with Crippen molar-refractivity contribution in [2.45, 2.75) is 6.92 Å². The number of amides is 1. The van der Waals surface area contributed by atoms with Crippen molar-refractivity contribution >= 4 is 32.6 Å². The number of anilines is 1. The Labute approximate surface area is 252 Å². The minimum atomic E-state index is -3.67. The molecule has 224 valence electrons. The zero-order valence-corrected chi connectivity index (χ0v) is 24.7. The molecule has 3 heterocycles. The number of benzene rings is 3. The summed E-state index contributed by atoms with van der Waals surface area (Å²) in [7, 11) is -1.78. The van der Waals surface area contributed by atoms with Crippen LogP contribution in [0.5, 0.6) is 11.5 Å². The van der Waals surface area contributed by atoms with Gasteiger partial charge in [-0.2, -0.15) is 18.6 Å². The van der Waals surface area contributed by atoms with Crippen molar-refractivity contribution in [2.75, 3.05) is 11.6 Å². The Morgan fingerprint density at radius 2 is 1.70 bits per heavy atom. The molecule has 3 N–H and O–H groups in total. The number of rotatable bonds is 6. The Morgan fingerprint density at radius 3 is 2.36 bits per heavy atom. The van der Waals surface area contributed by atoms with Gasteiger partial charge in [0.1, 0.15) is 17.1 Å². The molecule has 0 spiro atoms. The number of aryl methyl sites for hydroxylation is 2. The van der Waals surface area contributed by atoms with Gasteiger partial charge >= 0.3 is 0 Å². The second-order valence-corrected chi connectivity index (χ2v) is 11.3. The number of aromatic nitrogens is 5. The molecule has 0 saturated carbocycles.